The lowest BCUT2D eigenvalue weighted by molar-refractivity contribution is -0.155. The summed E-state index contributed by atoms with van der Waals surface area (Å²) >= 11 is 0. The van der Waals surface area contributed by atoms with Crippen LogP contribution in [0.3, 0.4) is 0 Å². The van der Waals surface area contributed by atoms with Crippen LogP contribution in [0, 0.1) is 5.92 Å². The van der Waals surface area contributed by atoms with Gasteiger partial charge in [-0.2, -0.15) is 13.2 Å². The monoisotopic (exact) mass is 329 g/mol. The Kier molecular flexibility index (Phi) is 7.08. The first kappa shape index (κ1) is 20.1. The topological polar surface area (TPSA) is 55.4 Å². The van der Waals surface area contributed by atoms with Gasteiger partial charge in [0.15, 0.2) is 0 Å². The summed E-state index contributed by atoms with van der Waals surface area (Å²) in [7, 11) is -2.00. The molecule has 0 saturated carbocycles. The fourth-order valence-corrected chi connectivity index (χ4v) is 1.92. The zero-order valence-corrected chi connectivity index (χ0v) is 13.7. The molecule has 0 aromatic carbocycles. The molecule has 0 aliphatic heterocycles. The molecule has 0 bridgehead atoms. The Hall–Kier alpha value is -0.890. The third kappa shape index (κ3) is 7.08. The fraction of sp³-hybridized carbons (Fsp3) is 0.769. The summed E-state index contributed by atoms with van der Waals surface area (Å²) in [5, 5.41) is 0. The minimum Gasteiger partial charge on any atom is -0.462 e. The maximum absolute atomic E-state index is 13.0. The second-order valence-electron chi connectivity index (χ2n) is 5.99. The molecule has 0 unspecified atom stereocenters. The van der Waals surface area contributed by atoms with E-state index in [0.29, 0.717) is 0 Å². The van der Waals surface area contributed by atoms with Gasteiger partial charge in [0, 0.05) is 0 Å². The summed E-state index contributed by atoms with van der Waals surface area (Å²) in [5.41, 5.74) is -0.805. The van der Waals surface area contributed by atoms with Gasteiger partial charge in [-0.25, -0.2) is 13.7 Å². The summed E-state index contributed by atoms with van der Waals surface area (Å²) in [4.78, 5) is 11.6. The highest BCUT2D eigenvalue weighted by molar-refractivity contribution is 7.84. The zero-order valence-electron chi connectivity index (χ0n) is 12.8. The predicted molar refractivity (Wildman–Crippen MR) is 75.8 cm³/mol. The molecule has 0 radical (unpaired) electrons. The first-order valence-electron chi connectivity index (χ1n) is 6.37. The van der Waals surface area contributed by atoms with E-state index >= 15 is 0 Å². The van der Waals surface area contributed by atoms with E-state index in [9.17, 15) is 22.2 Å². The van der Waals surface area contributed by atoms with Crippen LogP contribution in [0.25, 0.3) is 0 Å². The molecule has 0 aliphatic rings. The zero-order chi connectivity index (χ0) is 17.0. The summed E-state index contributed by atoms with van der Waals surface area (Å²) in [5.74, 6) is -1.16. The number of rotatable bonds is 6. The molecule has 1 N–H and O–H groups in total. The number of halogens is 3. The van der Waals surface area contributed by atoms with Gasteiger partial charge in [-0.15, -0.1) is 0 Å². The molecule has 124 valence electrons. The number of hydrogen-bond acceptors (Lipinski definition) is 3. The molecule has 2 atom stereocenters. The van der Waals surface area contributed by atoms with Gasteiger partial charge in [-0.05, 0) is 26.7 Å². The molecule has 8 heteroatoms. The molecule has 0 fully saturated rings. The molecule has 4 nitrogen and oxygen atoms in total. The van der Waals surface area contributed by atoms with Crippen LogP contribution < -0.4 is 4.72 Å². The van der Waals surface area contributed by atoms with Gasteiger partial charge in [0.25, 0.3) is 0 Å². The first-order valence-corrected chi connectivity index (χ1v) is 7.52. The predicted octanol–water partition coefficient (Wildman–Crippen LogP) is 2.72. The van der Waals surface area contributed by atoms with Crippen molar-refractivity contribution in [2.75, 3.05) is 6.61 Å². The van der Waals surface area contributed by atoms with Crippen molar-refractivity contribution < 1.29 is 26.9 Å². The average Bonchev–Trinajstić information content (AvgIpc) is 2.28. The van der Waals surface area contributed by atoms with Gasteiger partial charge in [0.1, 0.15) is 6.04 Å². The third-order valence-electron chi connectivity index (χ3n) is 2.27. The Labute approximate surface area is 125 Å². The SMILES string of the molecule is C=C(C(=O)OCC(C)C)[C@H](N[S@@](=O)C(C)(C)C)C(F)(F)F. The molecule has 0 aromatic heterocycles. The minimum absolute atomic E-state index is 0.00914. The second-order valence-corrected chi connectivity index (χ2v) is 7.99. The molecule has 21 heavy (non-hydrogen) atoms. The van der Waals surface area contributed by atoms with Crippen LogP contribution in [0.1, 0.15) is 34.6 Å². The Balaban J connectivity index is 5.05. The van der Waals surface area contributed by atoms with Crippen molar-refractivity contribution in [3.8, 4) is 0 Å². The lowest BCUT2D eigenvalue weighted by Gasteiger charge is -2.26. The van der Waals surface area contributed by atoms with Gasteiger partial charge in [-0.3, -0.25) is 0 Å². The number of hydrogen-bond donors (Lipinski definition) is 1. The average molecular weight is 329 g/mol. The number of nitrogens with one attached hydrogen (secondary N) is 1. The van der Waals surface area contributed by atoms with E-state index in [1.54, 1.807) is 13.8 Å². The highest BCUT2D eigenvalue weighted by atomic mass is 32.2. The molecule has 0 amide bonds. The van der Waals surface area contributed by atoms with Crippen LogP contribution in [-0.4, -0.2) is 33.8 Å². The summed E-state index contributed by atoms with van der Waals surface area (Å²) < 4.78 is 56.6. The van der Waals surface area contributed by atoms with E-state index < -0.39 is 39.5 Å². The van der Waals surface area contributed by atoms with E-state index in [2.05, 4.69) is 6.58 Å². The van der Waals surface area contributed by atoms with Crippen molar-refractivity contribution in [2.24, 2.45) is 5.92 Å². The van der Waals surface area contributed by atoms with E-state index in [4.69, 9.17) is 4.74 Å². The first-order chi connectivity index (χ1) is 9.26. The maximum Gasteiger partial charge on any atom is 0.409 e. The molecule has 0 spiro atoms. The van der Waals surface area contributed by atoms with Crippen LogP contribution in [-0.2, 0) is 20.5 Å². The van der Waals surface area contributed by atoms with Crippen molar-refractivity contribution >= 4 is 17.0 Å². The third-order valence-corrected chi connectivity index (χ3v) is 3.83. The number of alkyl halides is 3. The highest BCUT2D eigenvalue weighted by Crippen LogP contribution is 2.27. The van der Waals surface area contributed by atoms with Crippen molar-refractivity contribution in [3.05, 3.63) is 12.2 Å². The quantitative estimate of drug-likeness (QED) is 0.602. The smallest absolute Gasteiger partial charge is 0.409 e. The molecule has 0 aliphatic carbocycles. The number of esters is 1. The van der Waals surface area contributed by atoms with Crippen molar-refractivity contribution in [2.45, 2.75) is 51.6 Å². The fourth-order valence-electron chi connectivity index (χ4n) is 1.07. The molecule has 0 heterocycles. The number of carbonyl (C=O) groups excluding carboxylic acids is 1. The van der Waals surface area contributed by atoms with E-state index in [0.717, 1.165) is 0 Å². The molecular weight excluding hydrogens is 307 g/mol. The molecule has 0 rings (SSSR count). The largest absolute Gasteiger partial charge is 0.462 e. The van der Waals surface area contributed by atoms with Crippen LogP contribution in [0.4, 0.5) is 13.2 Å². The van der Waals surface area contributed by atoms with Crippen molar-refractivity contribution in [3.63, 3.8) is 0 Å². The Bertz CT molecular complexity index is 414. The van der Waals surface area contributed by atoms with Crippen molar-refractivity contribution in [1.29, 1.82) is 0 Å². The Morgan fingerprint density at radius 1 is 1.29 bits per heavy atom. The maximum atomic E-state index is 13.0. The minimum atomic E-state index is -4.80. The van der Waals surface area contributed by atoms with Gasteiger partial charge in [0.05, 0.1) is 27.9 Å². The van der Waals surface area contributed by atoms with E-state index in [1.807, 2.05) is 4.72 Å². The van der Waals surface area contributed by atoms with Crippen LogP contribution in [0.2, 0.25) is 0 Å². The molecule has 0 aromatic rings. The van der Waals surface area contributed by atoms with E-state index in [-0.39, 0.29) is 12.5 Å². The van der Waals surface area contributed by atoms with Gasteiger partial charge >= 0.3 is 12.1 Å². The molecular formula is C13H22F3NO3S. The summed E-state index contributed by atoms with van der Waals surface area (Å²) in [6, 6.07) is -2.41. The van der Waals surface area contributed by atoms with Crippen LogP contribution >= 0.6 is 0 Å². The normalized spacial score (nSPS) is 15.7. The lowest BCUT2D eigenvalue weighted by Crippen LogP contribution is -2.49. The Morgan fingerprint density at radius 2 is 1.76 bits per heavy atom. The number of ether oxygens (including phenoxy) is 1. The Morgan fingerprint density at radius 3 is 2.10 bits per heavy atom. The summed E-state index contributed by atoms with van der Waals surface area (Å²) in [6.45, 7) is 11.2. The van der Waals surface area contributed by atoms with Crippen LogP contribution in [0.15, 0.2) is 12.2 Å². The molecule has 0 saturated heterocycles. The highest BCUT2D eigenvalue weighted by Gasteiger charge is 2.46. The van der Waals surface area contributed by atoms with Gasteiger partial charge < -0.3 is 4.74 Å². The summed E-state index contributed by atoms with van der Waals surface area (Å²) in [6.07, 6.45) is -4.80. The number of carbonyl (C=O) groups is 1. The van der Waals surface area contributed by atoms with Crippen molar-refractivity contribution in [1.82, 2.24) is 4.72 Å². The second kappa shape index (κ2) is 7.40. The van der Waals surface area contributed by atoms with Gasteiger partial charge in [-0.1, -0.05) is 20.4 Å². The van der Waals surface area contributed by atoms with Crippen LogP contribution in [0.5, 0.6) is 0 Å². The van der Waals surface area contributed by atoms with E-state index in [1.165, 1.54) is 20.8 Å². The van der Waals surface area contributed by atoms with Gasteiger partial charge in [0.2, 0.25) is 0 Å². The standard InChI is InChI=1S/C13H22F3NO3S/c1-8(2)7-20-11(18)9(3)10(13(14,15)16)17-21(19)12(4,5)6/h8,10,17H,3,7H2,1-2,4-6H3/t10-,21-/m0/s1. The lowest BCUT2D eigenvalue weighted by atomic mass is 10.1.